The summed E-state index contributed by atoms with van der Waals surface area (Å²) in [6.45, 7) is 0. The Bertz CT molecular complexity index is 436. The van der Waals surface area contributed by atoms with E-state index < -0.39 is 11.9 Å². The van der Waals surface area contributed by atoms with E-state index in [0.717, 1.165) is 0 Å². The van der Waals surface area contributed by atoms with Gasteiger partial charge >= 0.3 is 11.9 Å². The van der Waals surface area contributed by atoms with Crippen molar-refractivity contribution in [2.75, 3.05) is 7.11 Å². The van der Waals surface area contributed by atoms with E-state index in [1.54, 1.807) is 0 Å². The van der Waals surface area contributed by atoms with Crippen molar-refractivity contribution in [3.63, 3.8) is 0 Å². The molecule has 0 spiro atoms. The van der Waals surface area contributed by atoms with Crippen LogP contribution in [0.3, 0.4) is 0 Å². The fourth-order valence-electron chi connectivity index (χ4n) is 0.790. The van der Waals surface area contributed by atoms with E-state index in [2.05, 4.69) is 16.6 Å². The predicted octanol–water partition coefficient (Wildman–Crippen LogP) is 1.36. The molecule has 0 saturated heterocycles. The second-order valence-electron chi connectivity index (χ2n) is 2.56. The van der Waals surface area contributed by atoms with E-state index in [1.165, 1.54) is 29.9 Å². The maximum Gasteiger partial charge on any atom is 0.336 e. The van der Waals surface area contributed by atoms with Gasteiger partial charge in [-0.2, -0.15) is 0 Å². The summed E-state index contributed by atoms with van der Waals surface area (Å²) in [6.07, 6.45) is 0.0107. The Labute approximate surface area is 90.5 Å². The number of thiophene rings is 1. The van der Waals surface area contributed by atoms with Crippen LogP contribution < -0.4 is 0 Å². The van der Waals surface area contributed by atoms with Crippen LogP contribution in [0.15, 0.2) is 11.4 Å². The van der Waals surface area contributed by atoms with Crippen molar-refractivity contribution in [2.24, 2.45) is 0 Å². The molecule has 5 heteroatoms. The SMILES string of the molecule is COC(=O)CC#Cc1cc(C(=O)O)cs1. The molecule has 0 aromatic carbocycles. The first-order valence-electron chi connectivity index (χ1n) is 4.01. The monoisotopic (exact) mass is 224 g/mol. The largest absolute Gasteiger partial charge is 0.478 e. The van der Waals surface area contributed by atoms with Gasteiger partial charge in [0.1, 0.15) is 6.42 Å². The molecular formula is C10H8O4S. The lowest BCUT2D eigenvalue weighted by Gasteiger charge is -1.88. The smallest absolute Gasteiger partial charge is 0.336 e. The van der Waals surface area contributed by atoms with Crippen molar-refractivity contribution >= 4 is 23.3 Å². The highest BCUT2D eigenvalue weighted by Gasteiger charge is 2.04. The summed E-state index contributed by atoms with van der Waals surface area (Å²) >= 11 is 1.23. The summed E-state index contributed by atoms with van der Waals surface area (Å²) < 4.78 is 4.40. The van der Waals surface area contributed by atoms with Crippen LogP contribution in [0.4, 0.5) is 0 Å². The van der Waals surface area contributed by atoms with Crippen LogP contribution in [0.2, 0.25) is 0 Å². The van der Waals surface area contributed by atoms with Crippen molar-refractivity contribution in [3.8, 4) is 11.8 Å². The van der Waals surface area contributed by atoms with E-state index in [1.807, 2.05) is 0 Å². The molecular weight excluding hydrogens is 216 g/mol. The zero-order chi connectivity index (χ0) is 11.3. The van der Waals surface area contributed by atoms with E-state index in [9.17, 15) is 9.59 Å². The van der Waals surface area contributed by atoms with Crippen LogP contribution in [0, 0.1) is 11.8 Å². The summed E-state index contributed by atoms with van der Waals surface area (Å²) in [5, 5.41) is 10.1. The molecule has 0 aliphatic carbocycles. The normalized spacial score (nSPS) is 8.87. The fraction of sp³-hybridized carbons (Fsp3) is 0.200. The van der Waals surface area contributed by atoms with Crippen molar-refractivity contribution in [1.29, 1.82) is 0 Å². The van der Waals surface area contributed by atoms with E-state index >= 15 is 0 Å². The number of rotatable bonds is 2. The van der Waals surface area contributed by atoms with E-state index in [-0.39, 0.29) is 12.0 Å². The molecule has 0 bridgehead atoms. The summed E-state index contributed by atoms with van der Waals surface area (Å²) in [5.41, 5.74) is 0.211. The number of aromatic carboxylic acids is 1. The Morgan fingerprint density at radius 1 is 1.60 bits per heavy atom. The number of hydrogen-bond donors (Lipinski definition) is 1. The van der Waals surface area contributed by atoms with Crippen molar-refractivity contribution in [1.82, 2.24) is 0 Å². The molecule has 1 aromatic rings. The zero-order valence-corrected chi connectivity index (χ0v) is 8.76. The molecule has 1 aromatic heterocycles. The summed E-state index contributed by atoms with van der Waals surface area (Å²) in [4.78, 5) is 21.8. The van der Waals surface area contributed by atoms with Gasteiger partial charge in [0.2, 0.25) is 0 Å². The maximum atomic E-state index is 10.7. The number of esters is 1. The molecule has 1 rings (SSSR count). The van der Waals surface area contributed by atoms with Gasteiger partial charge in [-0.25, -0.2) is 4.79 Å². The molecule has 15 heavy (non-hydrogen) atoms. The Morgan fingerprint density at radius 2 is 2.33 bits per heavy atom. The third kappa shape index (κ3) is 3.44. The summed E-state index contributed by atoms with van der Waals surface area (Å²) in [7, 11) is 1.29. The van der Waals surface area contributed by atoms with Gasteiger partial charge in [-0.3, -0.25) is 4.79 Å². The number of hydrogen-bond acceptors (Lipinski definition) is 4. The Balaban J connectivity index is 2.64. The topological polar surface area (TPSA) is 63.6 Å². The predicted molar refractivity (Wildman–Crippen MR) is 54.8 cm³/mol. The van der Waals surface area contributed by atoms with Gasteiger partial charge in [-0.05, 0) is 6.07 Å². The van der Waals surface area contributed by atoms with Crippen LogP contribution in [0.1, 0.15) is 21.7 Å². The van der Waals surface area contributed by atoms with Gasteiger partial charge in [0.15, 0.2) is 0 Å². The van der Waals surface area contributed by atoms with Crippen LogP contribution in [0.5, 0.6) is 0 Å². The van der Waals surface area contributed by atoms with E-state index in [0.29, 0.717) is 4.88 Å². The summed E-state index contributed by atoms with van der Waals surface area (Å²) in [5.74, 6) is 3.90. The van der Waals surface area contributed by atoms with E-state index in [4.69, 9.17) is 5.11 Å². The van der Waals surface area contributed by atoms with Crippen molar-refractivity contribution in [2.45, 2.75) is 6.42 Å². The van der Waals surface area contributed by atoms with Gasteiger partial charge in [-0.15, -0.1) is 11.3 Å². The minimum absolute atomic E-state index is 0.0107. The molecule has 0 unspecified atom stereocenters. The molecule has 78 valence electrons. The highest BCUT2D eigenvalue weighted by Crippen LogP contribution is 2.13. The first kappa shape index (κ1) is 11.3. The molecule has 0 amide bonds. The molecule has 0 aliphatic rings. The lowest BCUT2D eigenvalue weighted by atomic mass is 10.3. The number of methoxy groups -OCH3 is 1. The fourth-order valence-corrected chi connectivity index (χ4v) is 1.54. The highest BCUT2D eigenvalue weighted by atomic mass is 32.1. The minimum atomic E-state index is -0.979. The Morgan fingerprint density at radius 3 is 2.87 bits per heavy atom. The molecule has 0 radical (unpaired) electrons. The van der Waals surface area contributed by atoms with Gasteiger partial charge in [0.25, 0.3) is 0 Å². The van der Waals surface area contributed by atoms with Gasteiger partial charge in [0.05, 0.1) is 17.6 Å². The van der Waals surface area contributed by atoms with Crippen LogP contribution in [-0.4, -0.2) is 24.2 Å². The minimum Gasteiger partial charge on any atom is -0.478 e. The quantitative estimate of drug-likeness (QED) is 0.608. The standard InChI is InChI=1S/C10H8O4S/c1-14-9(11)4-2-3-8-5-7(6-15-8)10(12)13/h5-6H,4H2,1H3,(H,12,13). The number of carbonyl (C=O) groups excluding carboxylic acids is 1. The lowest BCUT2D eigenvalue weighted by Crippen LogP contribution is -1.96. The van der Waals surface area contributed by atoms with Crippen molar-refractivity contribution in [3.05, 3.63) is 21.9 Å². The van der Waals surface area contributed by atoms with Crippen LogP contribution >= 0.6 is 11.3 Å². The molecule has 0 atom stereocenters. The van der Waals surface area contributed by atoms with Gasteiger partial charge in [0, 0.05) is 5.38 Å². The first-order chi connectivity index (χ1) is 7.13. The first-order valence-corrected chi connectivity index (χ1v) is 4.89. The third-order valence-electron chi connectivity index (χ3n) is 1.52. The number of carboxylic acids is 1. The van der Waals surface area contributed by atoms with Crippen LogP contribution in [0.25, 0.3) is 0 Å². The molecule has 0 aliphatic heterocycles. The number of carboxylic acid groups (broad SMARTS) is 1. The third-order valence-corrected chi connectivity index (χ3v) is 2.36. The number of ether oxygens (including phenoxy) is 1. The Hall–Kier alpha value is -1.80. The van der Waals surface area contributed by atoms with Crippen molar-refractivity contribution < 1.29 is 19.4 Å². The molecule has 0 saturated carbocycles. The average molecular weight is 224 g/mol. The summed E-state index contributed by atoms with van der Waals surface area (Å²) in [6, 6.07) is 1.47. The van der Waals surface area contributed by atoms with Gasteiger partial charge < -0.3 is 9.84 Å². The highest BCUT2D eigenvalue weighted by molar-refractivity contribution is 7.10. The average Bonchev–Trinajstić information content (AvgIpc) is 2.66. The second kappa shape index (κ2) is 5.17. The molecule has 0 fully saturated rings. The molecule has 1 heterocycles. The molecule has 4 nitrogen and oxygen atoms in total. The number of carbonyl (C=O) groups is 2. The zero-order valence-electron chi connectivity index (χ0n) is 7.94. The van der Waals surface area contributed by atoms with Gasteiger partial charge in [-0.1, -0.05) is 11.8 Å². The Kier molecular flexibility index (Phi) is 3.89. The maximum absolute atomic E-state index is 10.7. The van der Waals surface area contributed by atoms with Crippen LogP contribution in [-0.2, 0) is 9.53 Å². The second-order valence-corrected chi connectivity index (χ2v) is 3.47. The molecule has 1 N–H and O–H groups in total. The lowest BCUT2D eigenvalue weighted by molar-refractivity contribution is -0.139.